The molecule has 5 nitrogen and oxygen atoms in total. The van der Waals surface area contributed by atoms with Crippen molar-refractivity contribution in [3.8, 4) is 11.8 Å². The lowest BCUT2D eigenvalue weighted by atomic mass is 10.1. The Morgan fingerprint density at radius 2 is 2.00 bits per heavy atom. The third kappa shape index (κ3) is 5.27. The first-order chi connectivity index (χ1) is 12.0. The number of amides is 1. The molecule has 0 heterocycles. The van der Waals surface area contributed by atoms with Crippen LogP contribution in [0.2, 0.25) is 5.02 Å². The number of nitrogens with one attached hydrogen (secondary N) is 2. The highest BCUT2D eigenvalue weighted by Gasteiger charge is 2.10. The van der Waals surface area contributed by atoms with E-state index in [1.165, 1.54) is 18.9 Å². The average Bonchev–Trinajstić information content (AvgIpc) is 2.60. The van der Waals surface area contributed by atoms with Gasteiger partial charge in [0.1, 0.15) is 17.4 Å². The van der Waals surface area contributed by atoms with Crippen molar-refractivity contribution in [3.05, 3.63) is 70.4 Å². The van der Waals surface area contributed by atoms with Crippen molar-refractivity contribution in [1.82, 2.24) is 5.32 Å². The number of methoxy groups -OCH3 is 1. The molecule has 2 aromatic carbocycles. The highest BCUT2D eigenvalue weighted by molar-refractivity contribution is 6.32. The van der Waals surface area contributed by atoms with E-state index in [1.54, 1.807) is 18.2 Å². The molecule has 128 valence electrons. The molecule has 25 heavy (non-hydrogen) atoms. The summed E-state index contributed by atoms with van der Waals surface area (Å²) in [6.45, 7) is 2.54. The van der Waals surface area contributed by atoms with E-state index in [1.807, 2.05) is 37.3 Å². The van der Waals surface area contributed by atoms with Crippen LogP contribution >= 0.6 is 11.6 Å². The van der Waals surface area contributed by atoms with Crippen molar-refractivity contribution < 1.29 is 9.53 Å². The topological polar surface area (TPSA) is 74.1 Å². The van der Waals surface area contributed by atoms with E-state index in [0.29, 0.717) is 23.0 Å². The summed E-state index contributed by atoms with van der Waals surface area (Å²) < 4.78 is 5.06. The Balaban J connectivity index is 1.99. The highest BCUT2D eigenvalue weighted by atomic mass is 35.5. The number of halogens is 1. The van der Waals surface area contributed by atoms with E-state index in [0.717, 1.165) is 5.56 Å². The Morgan fingerprint density at radius 3 is 2.60 bits per heavy atom. The van der Waals surface area contributed by atoms with Crippen LogP contribution in [0.3, 0.4) is 0 Å². The van der Waals surface area contributed by atoms with E-state index in [4.69, 9.17) is 16.3 Å². The molecule has 0 saturated carbocycles. The summed E-state index contributed by atoms with van der Waals surface area (Å²) in [6, 6.07) is 14.7. The smallest absolute Gasteiger partial charge is 0.267 e. The SMILES string of the molecule is COc1ccc(NC(=O)/C(C#N)=C\NCc2ccc(C)cc2)cc1Cl. The van der Waals surface area contributed by atoms with Gasteiger partial charge in [-0.3, -0.25) is 4.79 Å². The van der Waals surface area contributed by atoms with Gasteiger partial charge < -0.3 is 15.4 Å². The van der Waals surface area contributed by atoms with Gasteiger partial charge in [0.2, 0.25) is 0 Å². The number of hydrogen-bond donors (Lipinski definition) is 2. The second kappa shape index (κ2) is 8.76. The van der Waals surface area contributed by atoms with E-state index >= 15 is 0 Å². The minimum absolute atomic E-state index is 0.0287. The average molecular weight is 356 g/mol. The van der Waals surface area contributed by atoms with Gasteiger partial charge in [-0.2, -0.15) is 5.26 Å². The number of ether oxygens (including phenoxy) is 1. The van der Waals surface area contributed by atoms with Crippen LogP contribution in [0.15, 0.2) is 54.2 Å². The molecular formula is C19H18ClN3O2. The molecule has 0 saturated heterocycles. The first kappa shape index (κ1) is 18.4. The summed E-state index contributed by atoms with van der Waals surface area (Å²) >= 11 is 6.02. The fourth-order valence-electron chi connectivity index (χ4n) is 2.07. The summed E-state index contributed by atoms with van der Waals surface area (Å²) in [7, 11) is 1.51. The molecule has 6 heteroatoms. The molecule has 0 aliphatic heterocycles. The quantitative estimate of drug-likeness (QED) is 0.610. The zero-order chi connectivity index (χ0) is 18.2. The van der Waals surface area contributed by atoms with Crippen LogP contribution in [-0.2, 0) is 11.3 Å². The van der Waals surface area contributed by atoms with Crippen LogP contribution in [0.4, 0.5) is 5.69 Å². The lowest BCUT2D eigenvalue weighted by molar-refractivity contribution is -0.112. The third-order valence-electron chi connectivity index (χ3n) is 3.45. The lowest BCUT2D eigenvalue weighted by Crippen LogP contribution is -2.16. The van der Waals surface area contributed by atoms with Gasteiger partial charge >= 0.3 is 0 Å². The molecule has 0 aliphatic carbocycles. The Hall–Kier alpha value is -2.97. The molecule has 0 aliphatic rings. The first-order valence-corrected chi connectivity index (χ1v) is 7.95. The minimum atomic E-state index is -0.514. The van der Waals surface area contributed by atoms with Crippen LogP contribution in [0.25, 0.3) is 0 Å². The Labute approximate surface area is 151 Å². The molecule has 0 radical (unpaired) electrons. The van der Waals surface area contributed by atoms with Gasteiger partial charge in [0.15, 0.2) is 0 Å². The van der Waals surface area contributed by atoms with Crippen molar-refractivity contribution in [2.75, 3.05) is 12.4 Å². The summed E-state index contributed by atoms with van der Waals surface area (Å²) in [5.41, 5.74) is 2.69. The largest absolute Gasteiger partial charge is 0.495 e. The molecule has 2 rings (SSSR count). The van der Waals surface area contributed by atoms with Crippen LogP contribution in [-0.4, -0.2) is 13.0 Å². The normalized spacial score (nSPS) is 10.7. The number of carbonyl (C=O) groups excluding carboxylic acids is 1. The predicted molar refractivity (Wildman–Crippen MR) is 98.3 cm³/mol. The van der Waals surface area contributed by atoms with E-state index in [2.05, 4.69) is 10.6 Å². The number of benzene rings is 2. The van der Waals surface area contributed by atoms with Crippen molar-refractivity contribution in [3.63, 3.8) is 0 Å². The van der Waals surface area contributed by atoms with Crippen molar-refractivity contribution in [1.29, 1.82) is 5.26 Å². The van der Waals surface area contributed by atoms with E-state index in [-0.39, 0.29) is 5.57 Å². The molecule has 2 aromatic rings. The van der Waals surface area contributed by atoms with Crippen molar-refractivity contribution >= 4 is 23.2 Å². The Kier molecular flexibility index (Phi) is 6.44. The number of hydrogen-bond acceptors (Lipinski definition) is 4. The number of carbonyl (C=O) groups is 1. The maximum atomic E-state index is 12.2. The molecule has 2 N–H and O–H groups in total. The Bertz CT molecular complexity index is 824. The van der Waals surface area contributed by atoms with Gasteiger partial charge in [0.25, 0.3) is 5.91 Å². The molecule has 0 unspecified atom stereocenters. The zero-order valence-corrected chi connectivity index (χ0v) is 14.7. The molecule has 0 spiro atoms. The Morgan fingerprint density at radius 1 is 1.28 bits per heavy atom. The highest BCUT2D eigenvalue weighted by Crippen LogP contribution is 2.27. The van der Waals surface area contributed by atoms with Gasteiger partial charge in [-0.15, -0.1) is 0 Å². The van der Waals surface area contributed by atoms with Gasteiger partial charge in [-0.1, -0.05) is 41.4 Å². The monoisotopic (exact) mass is 355 g/mol. The fraction of sp³-hybridized carbons (Fsp3) is 0.158. The second-order valence-electron chi connectivity index (χ2n) is 5.34. The summed E-state index contributed by atoms with van der Waals surface area (Å²) in [6.07, 6.45) is 1.40. The van der Waals surface area contributed by atoms with E-state index < -0.39 is 5.91 Å². The van der Waals surface area contributed by atoms with Crippen LogP contribution in [0.1, 0.15) is 11.1 Å². The second-order valence-corrected chi connectivity index (χ2v) is 5.75. The fourth-order valence-corrected chi connectivity index (χ4v) is 2.33. The summed E-state index contributed by atoms with van der Waals surface area (Å²) in [5.74, 6) is -0.00406. The number of aryl methyl sites for hydroxylation is 1. The maximum absolute atomic E-state index is 12.2. The summed E-state index contributed by atoms with van der Waals surface area (Å²) in [5, 5.41) is 15.2. The molecule has 0 fully saturated rings. The molecule has 0 bridgehead atoms. The predicted octanol–water partition coefficient (Wildman–Crippen LogP) is 3.79. The van der Waals surface area contributed by atoms with Crippen LogP contribution in [0.5, 0.6) is 5.75 Å². The van der Waals surface area contributed by atoms with Crippen molar-refractivity contribution in [2.45, 2.75) is 13.5 Å². The van der Waals surface area contributed by atoms with Gasteiger partial charge in [-0.25, -0.2) is 0 Å². The van der Waals surface area contributed by atoms with Crippen LogP contribution < -0.4 is 15.4 Å². The number of nitrogens with zero attached hydrogens (tertiary/aromatic N) is 1. The third-order valence-corrected chi connectivity index (χ3v) is 3.74. The van der Waals surface area contributed by atoms with Crippen LogP contribution in [0, 0.1) is 18.3 Å². The standard InChI is InChI=1S/C19H18ClN3O2/c1-13-3-5-14(6-4-13)11-22-12-15(10-21)19(24)23-16-7-8-18(25-2)17(20)9-16/h3-9,12,22H,11H2,1-2H3,(H,23,24)/b15-12-. The van der Waals surface area contributed by atoms with Gasteiger partial charge in [0, 0.05) is 18.4 Å². The molecular weight excluding hydrogens is 338 g/mol. The number of nitriles is 1. The lowest BCUT2D eigenvalue weighted by Gasteiger charge is -2.08. The molecule has 1 amide bonds. The van der Waals surface area contributed by atoms with Gasteiger partial charge in [-0.05, 0) is 30.7 Å². The summed E-state index contributed by atoms with van der Waals surface area (Å²) in [4.78, 5) is 12.2. The number of rotatable bonds is 6. The molecule has 0 aromatic heterocycles. The van der Waals surface area contributed by atoms with Gasteiger partial charge in [0.05, 0.1) is 12.1 Å². The van der Waals surface area contributed by atoms with E-state index in [9.17, 15) is 10.1 Å². The molecule has 0 atom stereocenters. The van der Waals surface area contributed by atoms with Crippen molar-refractivity contribution in [2.24, 2.45) is 0 Å². The maximum Gasteiger partial charge on any atom is 0.267 e. The number of anilines is 1. The minimum Gasteiger partial charge on any atom is -0.495 e. The first-order valence-electron chi connectivity index (χ1n) is 7.57. The zero-order valence-electron chi connectivity index (χ0n) is 14.0.